The molecule has 114 valence electrons. The first kappa shape index (κ1) is 15.6. The highest BCUT2D eigenvalue weighted by atomic mass is 35.5. The third-order valence-electron chi connectivity index (χ3n) is 3.53. The number of amidine groups is 1. The number of piperazine rings is 1. The molecule has 2 rings (SSSR count). The van der Waals surface area contributed by atoms with Crippen LogP contribution in [0.25, 0.3) is 0 Å². The third kappa shape index (κ3) is 3.86. The van der Waals surface area contributed by atoms with Crippen LogP contribution in [0.3, 0.4) is 0 Å². The van der Waals surface area contributed by atoms with Gasteiger partial charge in [-0.3, -0.25) is 9.69 Å². The monoisotopic (exact) mass is 310 g/mol. The summed E-state index contributed by atoms with van der Waals surface area (Å²) in [5, 5.41) is 12.0. The van der Waals surface area contributed by atoms with E-state index in [2.05, 4.69) is 5.16 Å². The number of hydrogen-bond acceptors (Lipinski definition) is 4. The van der Waals surface area contributed by atoms with Gasteiger partial charge in [0, 0.05) is 26.2 Å². The van der Waals surface area contributed by atoms with Crippen molar-refractivity contribution in [2.75, 3.05) is 32.7 Å². The van der Waals surface area contributed by atoms with Crippen molar-refractivity contribution in [2.45, 2.75) is 6.92 Å². The second-order valence-corrected chi connectivity index (χ2v) is 5.55. The minimum absolute atomic E-state index is 0.0524. The molecule has 7 heteroatoms. The number of nitrogens with two attached hydrogens (primary N) is 1. The molecule has 1 saturated heterocycles. The number of nitrogens with zero attached hydrogens (tertiary/aromatic N) is 3. The van der Waals surface area contributed by atoms with Gasteiger partial charge < -0.3 is 15.8 Å². The van der Waals surface area contributed by atoms with Crippen LogP contribution in [0.4, 0.5) is 0 Å². The molecule has 1 aromatic carbocycles. The molecule has 0 atom stereocenters. The lowest BCUT2D eigenvalue weighted by molar-refractivity contribution is 0.0653. The van der Waals surface area contributed by atoms with Gasteiger partial charge in [0.05, 0.1) is 17.1 Å². The lowest BCUT2D eigenvalue weighted by Gasteiger charge is -2.34. The van der Waals surface area contributed by atoms with Crippen molar-refractivity contribution in [3.05, 3.63) is 34.3 Å². The first-order chi connectivity index (χ1) is 10.0. The summed E-state index contributed by atoms with van der Waals surface area (Å²) in [5.41, 5.74) is 7.05. The van der Waals surface area contributed by atoms with Crippen molar-refractivity contribution in [3.63, 3.8) is 0 Å². The number of benzene rings is 1. The van der Waals surface area contributed by atoms with Crippen molar-refractivity contribution in [1.82, 2.24) is 9.80 Å². The highest BCUT2D eigenvalue weighted by Gasteiger charge is 2.23. The van der Waals surface area contributed by atoms with Crippen molar-refractivity contribution in [1.29, 1.82) is 0 Å². The number of amides is 1. The van der Waals surface area contributed by atoms with E-state index in [9.17, 15) is 4.79 Å². The molecule has 0 spiro atoms. The van der Waals surface area contributed by atoms with Crippen molar-refractivity contribution in [3.8, 4) is 0 Å². The predicted molar refractivity (Wildman–Crippen MR) is 81.9 cm³/mol. The summed E-state index contributed by atoms with van der Waals surface area (Å²) in [5.74, 6) is 0.125. The van der Waals surface area contributed by atoms with Gasteiger partial charge in [0.25, 0.3) is 5.91 Å². The molecule has 21 heavy (non-hydrogen) atoms. The van der Waals surface area contributed by atoms with Gasteiger partial charge in [-0.2, -0.15) is 0 Å². The second kappa shape index (κ2) is 6.78. The zero-order valence-corrected chi connectivity index (χ0v) is 12.7. The largest absolute Gasteiger partial charge is 0.409 e. The van der Waals surface area contributed by atoms with Crippen LogP contribution in [0, 0.1) is 6.92 Å². The Hall–Kier alpha value is -1.79. The van der Waals surface area contributed by atoms with E-state index in [1.54, 1.807) is 17.0 Å². The van der Waals surface area contributed by atoms with Gasteiger partial charge in [-0.15, -0.1) is 0 Å². The molecule has 0 unspecified atom stereocenters. The normalized spacial score (nSPS) is 17.0. The molecule has 1 aromatic rings. The van der Waals surface area contributed by atoms with E-state index < -0.39 is 0 Å². The molecule has 1 heterocycles. The number of rotatable bonds is 3. The smallest absolute Gasteiger partial charge is 0.255 e. The molecule has 0 aromatic heterocycles. The molecule has 0 saturated carbocycles. The molecule has 0 radical (unpaired) electrons. The average Bonchev–Trinajstić information content (AvgIpc) is 2.47. The predicted octanol–water partition coefficient (Wildman–Crippen LogP) is 1.15. The molecule has 1 amide bonds. The number of oxime groups is 1. The van der Waals surface area contributed by atoms with Gasteiger partial charge in [0.15, 0.2) is 5.84 Å². The van der Waals surface area contributed by atoms with Crippen LogP contribution in [0.15, 0.2) is 23.4 Å². The van der Waals surface area contributed by atoms with Gasteiger partial charge in [-0.25, -0.2) is 0 Å². The summed E-state index contributed by atoms with van der Waals surface area (Å²) < 4.78 is 0. The fourth-order valence-electron chi connectivity index (χ4n) is 2.33. The number of carbonyl (C=O) groups is 1. The summed E-state index contributed by atoms with van der Waals surface area (Å²) in [6.45, 7) is 4.91. The van der Waals surface area contributed by atoms with Gasteiger partial charge in [0.1, 0.15) is 0 Å². The van der Waals surface area contributed by atoms with E-state index in [1.165, 1.54) is 0 Å². The van der Waals surface area contributed by atoms with Crippen LogP contribution in [0.2, 0.25) is 5.02 Å². The topological polar surface area (TPSA) is 82.2 Å². The number of carbonyl (C=O) groups excluding carboxylic acids is 1. The van der Waals surface area contributed by atoms with E-state index in [0.29, 0.717) is 43.3 Å². The van der Waals surface area contributed by atoms with E-state index in [0.717, 1.165) is 5.56 Å². The second-order valence-electron chi connectivity index (χ2n) is 5.14. The number of aryl methyl sites for hydroxylation is 1. The molecule has 0 bridgehead atoms. The van der Waals surface area contributed by atoms with Crippen LogP contribution in [0.5, 0.6) is 0 Å². The Morgan fingerprint density at radius 2 is 2.05 bits per heavy atom. The Morgan fingerprint density at radius 1 is 1.38 bits per heavy atom. The summed E-state index contributed by atoms with van der Waals surface area (Å²) in [7, 11) is 0. The Balaban J connectivity index is 1.97. The maximum absolute atomic E-state index is 12.5. The van der Waals surface area contributed by atoms with Crippen LogP contribution >= 0.6 is 11.6 Å². The van der Waals surface area contributed by atoms with E-state index in [-0.39, 0.29) is 11.7 Å². The van der Waals surface area contributed by atoms with Crippen molar-refractivity contribution >= 4 is 23.3 Å². The number of hydrogen-bond donors (Lipinski definition) is 2. The fraction of sp³-hybridized carbons (Fsp3) is 0.429. The molecule has 1 aliphatic rings. The first-order valence-corrected chi connectivity index (χ1v) is 7.13. The zero-order chi connectivity index (χ0) is 15.4. The summed E-state index contributed by atoms with van der Waals surface area (Å²) >= 11 is 6.14. The molecule has 6 nitrogen and oxygen atoms in total. The Bertz CT molecular complexity index is 554. The minimum atomic E-state index is -0.0524. The van der Waals surface area contributed by atoms with Crippen LogP contribution in [-0.4, -0.2) is 59.5 Å². The maximum Gasteiger partial charge on any atom is 0.255 e. The first-order valence-electron chi connectivity index (χ1n) is 6.75. The lowest BCUT2D eigenvalue weighted by Crippen LogP contribution is -2.50. The summed E-state index contributed by atoms with van der Waals surface area (Å²) in [6, 6.07) is 5.44. The van der Waals surface area contributed by atoms with Crippen LogP contribution in [0.1, 0.15) is 15.9 Å². The van der Waals surface area contributed by atoms with E-state index in [1.807, 2.05) is 17.9 Å². The minimum Gasteiger partial charge on any atom is -0.409 e. The molecular weight excluding hydrogens is 292 g/mol. The van der Waals surface area contributed by atoms with Gasteiger partial charge in [-0.05, 0) is 24.6 Å². The van der Waals surface area contributed by atoms with Gasteiger partial charge in [0.2, 0.25) is 0 Å². The highest BCUT2D eigenvalue weighted by molar-refractivity contribution is 6.33. The van der Waals surface area contributed by atoms with Gasteiger partial charge >= 0.3 is 0 Å². The molecule has 1 fully saturated rings. The highest BCUT2D eigenvalue weighted by Crippen LogP contribution is 2.20. The lowest BCUT2D eigenvalue weighted by atomic mass is 10.1. The van der Waals surface area contributed by atoms with Gasteiger partial charge in [-0.1, -0.05) is 22.8 Å². The maximum atomic E-state index is 12.5. The summed E-state index contributed by atoms with van der Waals surface area (Å²) in [4.78, 5) is 16.3. The molecule has 3 N–H and O–H groups in total. The van der Waals surface area contributed by atoms with Crippen LogP contribution in [-0.2, 0) is 0 Å². The Morgan fingerprint density at radius 3 is 2.62 bits per heavy atom. The number of halogens is 1. The molecule has 0 aliphatic carbocycles. The third-order valence-corrected chi connectivity index (χ3v) is 3.84. The van der Waals surface area contributed by atoms with E-state index >= 15 is 0 Å². The molecule has 1 aliphatic heterocycles. The standard InChI is InChI=1S/C14H19ClN4O2/c1-10-2-3-11(12(15)8-10)14(20)19-6-4-18(5-7-19)9-13(16)17-21/h2-3,8,21H,4-7,9H2,1H3,(H2,16,17). The quantitative estimate of drug-likeness (QED) is 0.380. The van der Waals surface area contributed by atoms with Crippen molar-refractivity contribution < 1.29 is 10.0 Å². The average molecular weight is 311 g/mol. The zero-order valence-electron chi connectivity index (χ0n) is 11.9. The van der Waals surface area contributed by atoms with Crippen LogP contribution < -0.4 is 5.73 Å². The van der Waals surface area contributed by atoms with Crippen molar-refractivity contribution in [2.24, 2.45) is 10.9 Å². The summed E-state index contributed by atoms with van der Waals surface area (Å²) in [6.07, 6.45) is 0. The fourth-order valence-corrected chi connectivity index (χ4v) is 2.65. The Kier molecular flexibility index (Phi) is 5.03. The van der Waals surface area contributed by atoms with E-state index in [4.69, 9.17) is 22.5 Å². The SMILES string of the molecule is Cc1ccc(C(=O)N2CCN(C/C(N)=N/O)CC2)c(Cl)c1. The Labute approximate surface area is 128 Å². The molecular formula is C14H19ClN4O2.